The largest absolute Gasteiger partial charge is 0.452 e. The van der Waals surface area contributed by atoms with Crippen LogP contribution in [0.5, 0.6) is 0 Å². The molecule has 4 aromatic carbocycles. The molecule has 0 fully saturated rings. The van der Waals surface area contributed by atoms with E-state index in [-0.39, 0.29) is 23.2 Å². The fraction of sp³-hybridized carbons (Fsp3) is 0.0714. The molecule has 0 atom stereocenters. The fourth-order valence-corrected chi connectivity index (χ4v) is 4.06. The number of ether oxygens (including phenoxy) is 1. The number of amides is 3. The lowest BCUT2D eigenvalue weighted by atomic mass is 10.1. The smallest absolute Gasteiger partial charge is 0.338 e. The van der Waals surface area contributed by atoms with Crippen molar-refractivity contribution in [1.29, 1.82) is 0 Å². The number of nitrogens with zero attached hydrogens (tertiary/aromatic N) is 1. The van der Waals surface area contributed by atoms with Crippen LogP contribution in [0.3, 0.4) is 0 Å². The number of hydrogen-bond acceptors (Lipinski definition) is 5. The maximum atomic E-state index is 12.9. The number of imide groups is 1. The number of nitrogens with one attached hydrogen (secondary N) is 1. The van der Waals surface area contributed by atoms with E-state index < -0.39 is 30.3 Å². The third kappa shape index (κ3) is 4.39. The highest BCUT2D eigenvalue weighted by Crippen LogP contribution is 2.26. The predicted molar refractivity (Wildman–Crippen MR) is 130 cm³/mol. The standard InChI is InChI=1S/C28H20N2O5/c31-25(29-24-12-6-10-19-9-4-5-11-21(19)24)17-35-28(34)20-13-14-22-23(15-20)27(33)30(26(22)32)16-18-7-2-1-3-8-18/h1-15H,16-17H2,(H,29,31). The Bertz CT molecular complexity index is 1470. The van der Waals surface area contributed by atoms with E-state index in [9.17, 15) is 19.2 Å². The number of fused-ring (bicyclic) bond motifs is 2. The van der Waals surface area contributed by atoms with Gasteiger partial charge in [0.25, 0.3) is 17.7 Å². The minimum absolute atomic E-state index is 0.0874. The maximum absolute atomic E-state index is 12.9. The van der Waals surface area contributed by atoms with Gasteiger partial charge in [-0.2, -0.15) is 0 Å². The average Bonchev–Trinajstić information content (AvgIpc) is 3.12. The van der Waals surface area contributed by atoms with Crippen LogP contribution in [0.15, 0.2) is 91.0 Å². The summed E-state index contributed by atoms with van der Waals surface area (Å²) in [5.41, 5.74) is 1.89. The molecule has 4 aromatic rings. The molecule has 1 N–H and O–H groups in total. The van der Waals surface area contributed by atoms with Crippen molar-refractivity contribution in [2.45, 2.75) is 6.54 Å². The zero-order valence-corrected chi connectivity index (χ0v) is 18.6. The molecule has 0 aromatic heterocycles. The van der Waals surface area contributed by atoms with Crippen LogP contribution in [0.25, 0.3) is 10.8 Å². The highest BCUT2D eigenvalue weighted by Gasteiger charge is 2.36. The Morgan fingerprint density at radius 2 is 1.49 bits per heavy atom. The average molecular weight is 464 g/mol. The van der Waals surface area contributed by atoms with Gasteiger partial charge in [-0.3, -0.25) is 19.3 Å². The Balaban J connectivity index is 1.25. The van der Waals surface area contributed by atoms with Gasteiger partial charge in [0.1, 0.15) is 0 Å². The normalized spacial score (nSPS) is 12.5. The van der Waals surface area contributed by atoms with Gasteiger partial charge in [-0.1, -0.05) is 66.7 Å². The Morgan fingerprint density at radius 1 is 0.771 bits per heavy atom. The van der Waals surface area contributed by atoms with Gasteiger partial charge in [0.15, 0.2) is 6.61 Å². The molecule has 0 bridgehead atoms. The van der Waals surface area contributed by atoms with Crippen molar-refractivity contribution in [3.63, 3.8) is 0 Å². The molecule has 0 saturated carbocycles. The second-order valence-corrected chi connectivity index (χ2v) is 8.09. The molecule has 1 heterocycles. The number of rotatable bonds is 6. The van der Waals surface area contributed by atoms with E-state index in [0.717, 1.165) is 21.2 Å². The fourth-order valence-electron chi connectivity index (χ4n) is 4.06. The van der Waals surface area contributed by atoms with Crippen molar-refractivity contribution in [2.75, 3.05) is 11.9 Å². The first kappa shape index (κ1) is 22.0. The molecule has 0 radical (unpaired) electrons. The lowest BCUT2D eigenvalue weighted by Crippen LogP contribution is -2.29. The number of benzene rings is 4. The maximum Gasteiger partial charge on any atom is 0.338 e. The van der Waals surface area contributed by atoms with Crippen LogP contribution in [-0.2, 0) is 16.1 Å². The third-order valence-corrected chi connectivity index (χ3v) is 5.79. The van der Waals surface area contributed by atoms with Crippen molar-refractivity contribution < 1.29 is 23.9 Å². The van der Waals surface area contributed by atoms with Gasteiger partial charge in [0, 0.05) is 11.1 Å². The topological polar surface area (TPSA) is 92.8 Å². The van der Waals surface area contributed by atoms with Crippen LogP contribution < -0.4 is 5.32 Å². The Kier molecular flexibility index (Phi) is 5.81. The van der Waals surface area contributed by atoms with E-state index in [1.54, 1.807) is 6.07 Å². The van der Waals surface area contributed by atoms with Crippen molar-refractivity contribution in [3.05, 3.63) is 113 Å². The van der Waals surface area contributed by atoms with Gasteiger partial charge in [0.2, 0.25) is 0 Å². The van der Waals surface area contributed by atoms with Gasteiger partial charge in [0.05, 0.1) is 23.2 Å². The molecule has 0 unspecified atom stereocenters. The summed E-state index contributed by atoms with van der Waals surface area (Å²) in [6.07, 6.45) is 0. The van der Waals surface area contributed by atoms with Crippen LogP contribution in [0, 0.1) is 0 Å². The van der Waals surface area contributed by atoms with Crippen molar-refractivity contribution in [3.8, 4) is 0 Å². The Labute approximate surface area is 200 Å². The molecule has 7 heteroatoms. The summed E-state index contributed by atoms with van der Waals surface area (Å²) in [4.78, 5) is 51.7. The van der Waals surface area contributed by atoms with Gasteiger partial charge in [-0.15, -0.1) is 0 Å². The van der Waals surface area contributed by atoms with E-state index in [1.807, 2.05) is 66.7 Å². The van der Waals surface area contributed by atoms with Crippen LogP contribution in [0.4, 0.5) is 5.69 Å². The van der Waals surface area contributed by atoms with E-state index in [4.69, 9.17) is 4.74 Å². The molecule has 0 saturated heterocycles. The summed E-state index contributed by atoms with van der Waals surface area (Å²) in [7, 11) is 0. The number of anilines is 1. The summed E-state index contributed by atoms with van der Waals surface area (Å²) in [5, 5.41) is 4.60. The molecule has 5 rings (SSSR count). The van der Waals surface area contributed by atoms with Gasteiger partial charge >= 0.3 is 5.97 Å². The zero-order valence-electron chi connectivity index (χ0n) is 18.6. The highest BCUT2D eigenvalue weighted by molar-refractivity contribution is 6.22. The molecule has 7 nitrogen and oxygen atoms in total. The molecular weight excluding hydrogens is 444 g/mol. The first-order valence-corrected chi connectivity index (χ1v) is 11.0. The number of hydrogen-bond donors (Lipinski definition) is 1. The third-order valence-electron chi connectivity index (χ3n) is 5.79. The summed E-state index contributed by atoms with van der Waals surface area (Å²) < 4.78 is 5.16. The van der Waals surface area contributed by atoms with E-state index in [2.05, 4.69) is 5.32 Å². The van der Waals surface area contributed by atoms with Gasteiger partial charge in [-0.05, 0) is 35.2 Å². The lowest BCUT2D eigenvalue weighted by molar-refractivity contribution is -0.119. The van der Waals surface area contributed by atoms with Crippen molar-refractivity contribution in [2.24, 2.45) is 0 Å². The van der Waals surface area contributed by atoms with E-state index in [0.29, 0.717) is 5.69 Å². The summed E-state index contributed by atoms with van der Waals surface area (Å²) >= 11 is 0. The second kappa shape index (κ2) is 9.23. The minimum Gasteiger partial charge on any atom is -0.452 e. The lowest BCUT2D eigenvalue weighted by Gasteiger charge is -2.13. The summed E-state index contributed by atoms with van der Waals surface area (Å²) in [6, 6.07) is 26.5. The first-order valence-electron chi connectivity index (χ1n) is 11.0. The van der Waals surface area contributed by atoms with Crippen molar-refractivity contribution in [1.82, 2.24) is 4.90 Å². The Morgan fingerprint density at radius 3 is 2.31 bits per heavy atom. The first-order chi connectivity index (χ1) is 17.0. The van der Waals surface area contributed by atoms with E-state index in [1.165, 1.54) is 18.2 Å². The minimum atomic E-state index is -0.761. The zero-order chi connectivity index (χ0) is 24.4. The molecule has 1 aliphatic rings. The number of esters is 1. The van der Waals surface area contributed by atoms with Crippen LogP contribution in [0.1, 0.15) is 36.6 Å². The van der Waals surface area contributed by atoms with E-state index >= 15 is 0 Å². The van der Waals surface area contributed by atoms with Crippen LogP contribution in [0.2, 0.25) is 0 Å². The quantitative estimate of drug-likeness (QED) is 0.337. The summed E-state index contributed by atoms with van der Waals surface area (Å²) in [6.45, 7) is -0.354. The molecule has 0 aliphatic carbocycles. The predicted octanol–water partition coefficient (Wildman–Crippen LogP) is 4.43. The highest BCUT2D eigenvalue weighted by atomic mass is 16.5. The molecule has 3 amide bonds. The number of carbonyl (C=O) groups excluding carboxylic acids is 4. The molecule has 1 aliphatic heterocycles. The van der Waals surface area contributed by atoms with Crippen LogP contribution >= 0.6 is 0 Å². The Hall–Kier alpha value is -4.78. The summed E-state index contributed by atoms with van der Waals surface area (Å²) in [5.74, 6) is -2.14. The van der Waals surface area contributed by atoms with Gasteiger partial charge < -0.3 is 10.1 Å². The second-order valence-electron chi connectivity index (χ2n) is 8.09. The SMILES string of the molecule is O=C(COC(=O)c1ccc2c(c1)C(=O)N(Cc1ccccc1)C2=O)Nc1cccc2ccccc12. The van der Waals surface area contributed by atoms with Gasteiger partial charge in [-0.25, -0.2) is 4.79 Å². The molecule has 172 valence electrons. The van der Waals surface area contributed by atoms with Crippen molar-refractivity contribution >= 4 is 40.2 Å². The molecular formula is C28H20N2O5. The monoisotopic (exact) mass is 464 g/mol. The molecule has 0 spiro atoms. The molecule has 35 heavy (non-hydrogen) atoms. The van der Waals surface area contributed by atoms with Crippen LogP contribution in [-0.4, -0.2) is 35.2 Å². The number of carbonyl (C=O) groups is 4.